The van der Waals surface area contributed by atoms with Gasteiger partial charge < -0.3 is 20.5 Å². The van der Waals surface area contributed by atoms with E-state index in [1.807, 2.05) is 0 Å². The normalized spacial score (nSPS) is 27.6. The fraction of sp³-hybridized carbons (Fsp3) is 0.933. The minimum atomic E-state index is 0.133. The Labute approximate surface area is 121 Å². The van der Waals surface area contributed by atoms with Gasteiger partial charge in [-0.3, -0.25) is 4.79 Å². The van der Waals surface area contributed by atoms with Crippen LogP contribution in [-0.2, 0) is 14.3 Å². The van der Waals surface area contributed by atoms with Gasteiger partial charge in [0, 0.05) is 44.9 Å². The minimum Gasteiger partial charge on any atom is -0.381 e. The highest BCUT2D eigenvalue weighted by atomic mass is 16.5. The fourth-order valence-electron chi connectivity index (χ4n) is 2.95. The van der Waals surface area contributed by atoms with Crippen LogP contribution < -0.4 is 11.1 Å². The van der Waals surface area contributed by atoms with E-state index in [-0.39, 0.29) is 17.9 Å². The number of nitrogens with one attached hydrogen (secondary N) is 1. The molecule has 1 saturated carbocycles. The second-order valence-corrected chi connectivity index (χ2v) is 6.05. The number of hydrogen-bond acceptors (Lipinski definition) is 4. The maximum atomic E-state index is 11.8. The van der Waals surface area contributed by atoms with E-state index in [9.17, 15) is 4.79 Å². The molecule has 2 unspecified atom stereocenters. The average Bonchev–Trinajstić information content (AvgIpc) is 2.90. The summed E-state index contributed by atoms with van der Waals surface area (Å²) in [4.78, 5) is 11.8. The number of amides is 1. The first kappa shape index (κ1) is 15.7. The van der Waals surface area contributed by atoms with Crippen molar-refractivity contribution in [2.75, 3.05) is 33.0 Å². The van der Waals surface area contributed by atoms with Crippen molar-refractivity contribution >= 4 is 5.91 Å². The third-order valence-electron chi connectivity index (χ3n) is 4.30. The summed E-state index contributed by atoms with van der Waals surface area (Å²) in [7, 11) is 0. The highest BCUT2D eigenvalue weighted by Crippen LogP contribution is 2.23. The van der Waals surface area contributed by atoms with Gasteiger partial charge in [-0.25, -0.2) is 0 Å². The highest BCUT2D eigenvalue weighted by Gasteiger charge is 2.27. The smallest absolute Gasteiger partial charge is 0.223 e. The summed E-state index contributed by atoms with van der Waals surface area (Å²) < 4.78 is 11.0. The molecular weight excluding hydrogens is 256 g/mol. The third-order valence-corrected chi connectivity index (χ3v) is 4.30. The predicted molar refractivity (Wildman–Crippen MR) is 77.3 cm³/mol. The molecule has 20 heavy (non-hydrogen) atoms. The van der Waals surface area contributed by atoms with Crippen LogP contribution in [0.5, 0.6) is 0 Å². The average molecular weight is 284 g/mol. The molecule has 0 aromatic rings. The molecule has 116 valence electrons. The second kappa shape index (κ2) is 8.60. The van der Waals surface area contributed by atoms with E-state index in [0.717, 1.165) is 65.0 Å². The van der Waals surface area contributed by atoms with Gasteiger partial charge in [0.25, 0.3) is 0 Å². The van der Waals surface area contributed by atoms with Crippen LogP contribution in [0.2, 0.25) is 0 Å². The molecule has 1 aliphatic heterocycles. The van der Waals surface area contributed by atoms with Crippen LogP contribution in [0.15, 0.2) is 0 Å². The summed E-state index contributed by atoms with van der Waals surface area (Å²) in [6.45, 7) is 4.00. The van der Waals surface area contributed by atoms with Crippen molar-refractivity contribution < 1.29 is 14.3 Å². The molecule has 1 saturated heterocycles. The Balaban J connectivity index is 1.44. The van der Waals surface area contributed by atoms with Crippen molar-refractivity contribution in [3.63, 3.8) is 0 Å². The van der Waals surface area contributed by atoms with Crippen LogP contribution >= 0.6 is 0 Å². The Kier molecular flexibility index (Phi) is 6.76. The zero-order chi connectivity index (χ0) is 14.2. The zero-order valence-electron chi connectivity index (χ0n) is 12.3. The van der Waals surface area contributed by atoms with Gasteiger partial charge in [0.2, 0.25) is 5.91 Å². The van der Waals surface area contributed by atoms with E-state index >= 15 is 0 Å². The maximum absolute atomic E-state index is 11.8. The second-order valence-electron chi connectivity index (χ2n) is 6.05. The topological polar surface area (TPSA) is 73.6 Å². The molecule has 2 aliphatic rings. The van der Waals surface area contributed by atoms with Crippen LogP contribution in [-0.4, -0.2) is 44.9 Å². The van der Waals surface area contributed by atoms with Crippen molar-refractivity contribution in [1.29, 1.82) is 0 Å². The van der Waals surface area contributed by atoms with Gasteiger partial charge >= 0.3 is 0 Å². The third kappa shape index (κ3) is 5.38. The first-order valence-corrected chi connectivity index (χ1v) is 7.94. The van der Waals surface area contributed by atoms with Gasteiger partial charge in [-0.2, -0.15) is 0 Å². The summed E-state index contributed by atoms with van der Waals surface area (Å²) in [5.41, 5.74) is 5.82. The SMILES string of the molecule is NC1CCC(C(=O)NCCCOCC2CCOCC2)C1. The maximum Gasteiger partial charge on any atom is 0.223 e. The molecule has 1 amide bonds. The van der Waals surface area contributed by atoms with E-state index in [1.165, 1.54) is 0 Å². The van der Waals surface area contributed by atoms with Crippen LogP contribution in [0.4, 0.5) is 0 Å². The van der Waals surface area contributed by atoms with Gasteiger partial charge in [0.15, 0.2) is 0 Å². The highest BCUT2D eigenvalue weighted by molar-refractivity contribution is 5.78. The molecule has 2 atom stereocenters. The van der Waals surface area contributed by atoms with Crippen LogP contribution in [0.3, 0.4) is 0 Å². The van der Waals surface area contributed by atoms with Crippen molar-refractivity contribution in [3.05, 3.63) is 0 Å². The van der Waals surface area contributed by atoms with Gasteiger partial charge in [-0.1, -0.05) is 0 Å². The lowest BCUT2D eigenvalue weighted by Crippen LogP contribution is -2.31. The molecule has 5 nitrogen and oxygen atoms in total. The summed E-state index contributed by atoms with van der Waals surface area (Å²) in [5.74, 6) is 0.953. The van der Waals surface area contributed by atoms with Gasteiger partial charge in [-0.05, 0) is 44.4 Å². The Morgan fingerprint density at radius 1 is 1.25 bits per heavy atom. The molecule has 0 aromatic carbocycles. The quantitative estimate of drug-likeness (QED) is 0.686. The largest absolute Gasteiger partial charge is 0.381 e. The number of ether oxygens (including phenoxy) is 2. The first-order valence-electron chi connectivity index (χ1n) is 7.94. The van der Waals surface area contributed by atoms with Crippen LogP contribution in [0.25, 0.3) is 0 Å². The summed E-state index contributed by atoms with van der Waals surface area (Å²) in [6, 6.07) is 0.216. The molecule has 1 aliphatic carbocycles. The van der Waals surface area contributed by atoms with Crippen LogP contribution in [0, 0.1) is 11.8 Å². The van der Waals surface area contributed by atoms with Gasteiger partial charge in [0.1, 0.15) is 0 Å². The van der Waals surface area contributed by atoms with Gasteiger partial charge in [-0.15, -0.1) is 0 Å². The van der Waals surface area contributed by atoms with E-state index in [4.69, 9.17) is 15.2 Å². The van der Waals surface area contributed by atoms with Crippen molar-refractivity contribution in [1.82, 2.24) is 5.32 Å². The standard InChI is InChI=1S/C15H28N2O3/c16-14-3-2-13(10-14)15(18)17-6-1-7-20-11-12-4-8-19-9-5-12/h12-14H,1-11,16H2,(H,17,18). The van der Waals surface area contributed by atoms with Crippen molar-refractivity contribution in [2.45, 2.75) is 44.6 Å². The Morgan fingerprint density at radius 2 is 2.05 bits per heavy atom. The predicted octanol–water partition coefficient (Wildman–Crippen LogP) is 1.06. The fourth-order valence-corrected chi connectivity index (χ4v) is 2.95. The molecule has 0 radical (unpaired) electrons. The molecule has 2 rings (SSSR count). The van der Waals surface area contributed by atoms with Gasteiger partial charge in [0.05, 0.1) is 0 Å². The lowest BCUT2D eigenvalue weighted by atomic mass is 10.0. The lowest BCUT2D eigenvalue weighted by molar-refractivity contribution is -0.124. The molecule has 0 spiro atoms. The molecule has 0 bridgehead atoms. The number of rotatable bonds is 7. The first-order chi connectivity index (χ1) is 9.75. The molecular formula is C15H28N2O3. The summed E-state index contributed by atoms with van der Waals surface area (Å²) in [6.07, 6.45) is 5.86. The number of hydrogen-bond donors (Lipinski definition) is 2. The number of carbonyl (C=O) groups is 1. The number of nitrogens with two attached hydrogens (primary N) is 1. The number of carbonyl (C=O) groups excluding carboxylic acids is 1. The van der Waals surface area contributed by atoms with Crippen molar-refractivity contribution in [2.24, 2.45) is 17.6 Å². The van der Waals surface area contributed by atoms with E-state index < -0.39 is 0 Å². The van der Waals surface area contributed by atoms with E-state index in [2.05, 4.69) is 5.32 Å². The molecule has 1 heterocycles. The molecule has 5 heteroatoms. The summed E-state index contributed by atoms with van der Waals surface area (Å²) >= 11 is 0. The lowest BCUT2D eigenvalue weighted by Gasteiger charge is -2.21. The van der Waals surface area contributed by atoms with Crippen molar-refractivity contribution in [3.8, 4) is 0 Å². The Bertz CT molecular complexity index is 293. The monoisotopic (exact) mass is 284 g/mol. The molecule has 3 N–H and O–H groups in total. The Morgan fingerprint density at radius 3 is 2.75 bits per heavy atom. The zero-order valence-corrected chi connectivity index (χ0v) is 12.3. The van der Waals surface area contributed by atoms with Crippen LogP contribution in [0.1, 0.15) is 38.5 Å². The molecule has 2 fully saturated rings. The van der Waals surface area contributed by atoms with E-state index in [1.54, 1.807) is 0 Å². The minimum absolute atomic E-state index is 0.133. The Hall–Kier alpha value is -0.650. The molecule has 0 aromatic heterocycles. The summed E-state index contributed by atoms with van der Waals surface area (Å²) in [5, 5.41) is 2.99. The van der Waals surface area contributed by atoms with E-state index in [0.29, 0.717) is 12.5 Å².